The van der Waals surface area contributed by atoms with Crippen molar-refractivity contribution in [2.45, 2.75) is 12.5 Å². The topological polar surface area (TPSA) is 125 Å². The molecule has 2 aromatic heterocycles. The van der Waals surface area contributed by atoms with Gasteiger partial charge in [-0.25, -0.2) is 14.6 Å². The van der Waals surface area contributed by atoms with Gasteiger partial charge in [0.05, 0.1) is 11.9 Å². The van der Waals surface area contributed by atoms with Crippen LogP contribution in [0.25, 0.3) is 0 Å². The quantitative estimate of drug-likeness (QED) is 0.694. The number of hydrogen-bond acceptors (Lipinski definition) is 5. The van der Waals surface area contributed by atoms with E-state index in [-0.39, 0.29) is 12.0 Å². The van der Waals surface area contributed by atoms with Crippen molar-refractivity contribution in [1.29, 1.82) is 0 Å². The van der Waals surface area contributed by atoms with Crippen LogP contribution in [-0.2, 0) is 11.2 Å². The number of nitrogens with one attached hydrogen (secondary N) is 2. The molecule has 1 amide bonds. The fourth-order valence-corrected chi connectivity index (χ4v) is 1.55. The summed E-state index contributed by atoms with van der Waals surface area (Å²) in [7, 11) is 0. The van der Waals surface area contributed by atoms with Gasteiger partial charge in [0.2, 0.25) is 0 Å². The van der Waals surface area contributed by atoms with Crippen molar-refractivity contribution >= 4 is 11.9 Å². The third-order valence-electron chi connectivity index (χ3n) is 2.55. The first-order valence-electron chi connectivity index (χ1n) is 5.66. The number of carbonyl (C=O) groups excluding carboxylic acids is 1. The molecule has 0 aliphatic carbocycles. The van der Waals surface area contributed by atoms with Gasteiger partial charge in [-0.2, -0.15) is 0 Å². The molecule has 20 heavy (non-hydrogen) atoms. The normalized spacial score (nSPS) is 11.8. The number of carbonyl (C=O) groups is 2. The summed E-state index contributed by atoms with van der Waals surface area (Å²) in [6.07, 6.45) is 3.94. The molecule has 0 bridgehead atoms. The molecule has 1 atom stereocenters. The highest BCUT2D eigenvalue weighted by atomic mass is 16.4. The van der Waals surface area contributed by atoms with Crippen LogP contribution in [-0.4, -0.2) is 33.0 Å². The van der Waals surface area contributed by atoms with E-state index < -0.39 is 23.5 Å². The fraction of sp³-hybridized carbons (Fsp3) is 0.167. The summed E-state index contributed by atoms with van der Waals surface area (Å²) in [5.41, 5.74) is 0.0616. The molecule has 8 nitrogen and oxygen atoms in total. The van der Waals surface area contributed by atoms with Crippen molar-refractivity contribution < 1.29 is 19.1 Å². The first kappa shape index (κ1) is 13.5. The third-order valence-corrected chi connectivity index (χ3v) is 2.55. The van der Waals surface area contributed by atoms with Crippen LogP contribution in [0.2, 0.25) is 0 Å². The smallest absolute Gasteiger partial charge is 0.335 e. The van der Waals surface area contributed by atoms with E-state index in [1.165, 1.54) is 18.6 Å². The van der Waals surface area contributed by atoms with Crippen molar-refractivity contribution in [3.63, 3.8) is 0 Å². The molecule has 3 N–H and O–H groups in total. The standard InChI is InChI=1S/C12H11N3O5/c16-10-2-1-7(5-20-10)11(17)15-9(12(18)19)3-8-4-13-6-14-8/h1-2,4-6,9H,3H2,(H,13,14)(H,15,17)(H,18,19). The lowest BCUT2D eigenvalue weighted by molar-refractivity contribution is -0.139. The average molecular weight is 277 g/mol. The molecular formula is C12H11N3O5. The number of H-pyrrole nitrogens is 1. The molecule has 0 aliphatic rings. The number of nitrogens with zero attached hydrogens (tertiary/aromatic N) is 1. The molecule has 0 aliphatic heterocycles. The van der Waals surface area contributed by atoms with E-state index >= 15 is 0 Å². The molecule has 0 aromatic carbocycles. The first-order valence-corrected chi connectivity index (χ1v) is 5.66. The molecule has 2 rings (SSSR count). The highest BCUT2D eigenvalue weighted by Crippen LogP contribution is 2.02. The number of aromatic amines is 1. The van der Waals surface area contributed by atoms with E-state index in [9.17, 15) is 14.4 Å². The zero-order chi connectivity index (χ0) is 14.5. The molecule has 0 fully saturated rings. The molecule has 2 aromatic rings. The Kier molecular flexibility index (Phi) is 3.94. The Morgan fingerprint density at radius 1 is 1.45 bits per heavy atom. The maximum atomic E-state index is 11.8. The summed E-state index contributed by atoms with van der Waals surface area (Å²) in [6.45, 7) is 0. The van der Waals surface area contributed by atoms with Crippen molar-refractivity contribution in [1.82, 2.24) is 15.3 Å². The Hall–Kier alpha value is -2.90. The lowest BCUT2D eigenvalue weighted by Crippen LogP contribution is -2.42. The maximum Gasteiger partial charge on any atom is 0.335 e. The molecule has 2 heterocycles. The van der Waals surface area contributed by atoms with Crippen molar-refractivity contribution in [3.05, 3.63) is 52.6 Å². The van der Waals surface area contributed by atoms with Crippen molar-refractivity contribution in [2.75, 3.05) is 0 Å². The summed E-state index contributed by atoms with van der Waals surface area (Å²) in [5.74, 6) is -1.81. The number of carboxylic acids is 1. The van der Waals surface area contributed by atoms with E-state index in [0.29, 0.717) is 5.69 Å². The first-order chi connectivity index (χ1) is 9.56. The predicted molar refractivity (Wildman–Crippen MR) is 66.2 cm³/mol. The highest BCUT2D eigenvalue weighted by Gasteiger charge is 2.21. The van der Waals surface area contributed by atoms with Gasteiger partial charge in [-0.05, 0) is 6.07 Å². The number of carboxylic acid groups (broad SMARTS) is 1. The van der Waals surface area contributed by atoms with Gasteiger partial charge >= 0.3 is 11.6 Å². The van der Waals surface area contributed by atoms with E-state index in [1.54, 1.807) is 0 Å². The fourth-order valence-electron chi connectivity index (χ4n) is 1.55. The highest BCUT2D eigenvalue weighted by molar-refractivity contribution is 5.96. The Morgan fingerprint density at radius 3 is 2.80 bits per heavy atom. The number of imidazole rings is 1. The van der Waals surface area contributed by atoms with Crippen LogP contribution in [0, 0.1) is 0 Å². The zero-order valence-electron chi connectivity index (χ0n) is 10.2. The molecule has 1 unspecified atom stereocenters. The summed E-state index contributed by atoms with van der Waals surface area (Å²) in [6, 6.07) is 1.23. The van der Waals surface area contributed by atoms with Crippen LogP contribution in [0.1, 0.15) is 16.1 Å². The monoisotopic (exact) mass is 277 g/mol. The summed E-state index contributed by atoms with van der Waals surface area (Å²) < 4.78 is 4.55. The van der Waals surface area contributed by atoms with Gasteiger partial charge in [0, 0.05) is 24.4 Å². The molecule has 0 saturated carbocycles. The van der Waals surface area contributed by atoms with Crippen LogP contribution < -0.4 is 10.9 Å². The lowest BCUT2D eigenvalue weighted by Gasteiger charge is -2.13. The SMILES string of the molecule is O=C(NC(Cc1cnc[nH]1)C(=O)O)c1ccc(=O)oc1. The van der Waals surface area contributed by atoms with Crippen LogP contribution in [0.5, 0.6) is 0 Å². The largest absolute Gasteiger partial charge is 0.480 e. The predicted octanol–water partition coefficient (Wildman–Crippen LogP) is -0.211. The van der Waals surface area contributed by atoms with Crippen LogP contribution >= 0.6 is 0 Å². The van der Waals surface area contributed by atoms with Crippen LogP contribution in [0.15, 0.2) is 40.1 Å². The number of hydrogen-bond donors (Lipinski definition) is 3. The van der Waals surface area contributed by atoms with E-state index in [4.69, 9.17) is 5.11 Å². The summed E-state index contributed by atoms with van der Waals surface area (Å²) >= 11 is 0. The minimum Gasteiger partial charge on any atom is -0.480 e. The third kappa shape index (κ3) is 3.31. The van der Waals surface area contributed by atoms with Gasteiger partial charge in [-0.3, -0.25) is 4.79 Å². The molecule has 104 valence electrons. The van der Waals surface area contributed by atoms with E-state index in [2.05, 4.69) is 19.7 Å². The number of amides is 1. The molecule has 0 spiro atoms. The Balaban J connectivity index is 2.08. The number of aromatic nitrogens is 2. The second kappa shape index (κ2) is 5.83. The molecule has 0 saturated heterocycles. The van der Waals surface area contributed by atoms with Gasteiger partial charge in [0.15, 0.2) is 0 Å². The van der Waals surface area contributed by atoms with Gasteiger partial charge in [0.1, 0.15) is 12.3 Å². The van der Waals surface area contributed by atoms with E-state index in [1.807, 2.05) is 0 Å². The van der Waals surface area contributed by atoms with Crippen molar-refractivity contribution in [2.24, 2.45) is 0 Å². The van der Waals surface area contributed by atoms with Gasteiger partial charge in [-0.15, -0.1) is 0 Å². The molecule has 8 heteroatoms. The maximum absolute atomic E-state index is 11.8. The number of rotatable bonds is 5. The minimum atomic E-state index is -1.18. The van der Waals surface area contributed by atoms with Crippen LogP contribution in [0.4, 0.5) is 0 Å². The van der Waals surface area contributed by atoms with Crippen molar-refractivity contribution in [3.8, 4) is 0 Å². The van der Waals surface area contributed by atoms with Gasteiger partial charge in [0.25, 0.3) is 5.91 Å². The Labute approximate surface area is 112 Å². The Morgan fingerprint density at radius 2 is 2.25 bits per heavy atom. The second-order valence-electron chi connectivity index (χ2n) is 3.99. The lowest BCUT2D eigenvalue weighted by atomic mass is 10.1. The minimum absolute atomic E-state index is 0.0673. The summed E-state index contributed by atoms with van der Waals surface area (Å²) in [5, 5.41) is 11.4. The molecule has 0 radical (unpaired) electrons. The van der Waals surface area contributed by atoms with Crippen LogP contribution in [0.3, 0.4) is 0 Å². The number of aliphatic carboxylic acids is 1. The van der Waals surface area contributed by atoms with Gasteiger partial charge < -0.3 is 19.8 Å². The van der Waals surface area contributed by atoms with Gasteiger partial charge in [-0.1, -0.05) is 0 Å². The van der Waals surface area contributed by atoms with E-state index in [0.717, 1.165) is 12.3 Å². The second-order valence-corrected chi connectivity index (χ2v) is 3.99. The zero-order valence-corrected chi connectivity index (χ0v) is 10.2. The average Bonchev–Trinajstić information content (AvgIpc) is 2.91. The molecular weight excluding hydrogens is 266 g/mol. The Bertz CT molecular complexity index is 641. The summed E-state index contributed by atoms with van der Waals surface area (Å²) in [4.78, 5) is 40.3.